The topological polar surface area (TPSA) is 82.2 Å². The molecule has 0 saturated carbocycles. The largest absolute Gasteiger partial charge is 0.497 e. The van der Waals surface area contributed by atoms with Gasteiger partial charge in [-0.25, -0.2) is 8.42 Å². The van der Waals surface area contributed by atoms with E-state index in [1.165, 1.54) is 23.6 Å². The number of hydrogen-bond donors (Lipinski definition) is 1. The molecule has 174 valence electrons. The summed E-state index contributed by atoms with van der Waals surface area (Å²) in [6.45, 7) is 7.04. The minimum Gasteiger partial charge on any atom is -0.497 e. The second-order valence-corrected chi connectivity index (χ2v) is 10.5. The molecule has 2 fully saturated rings. The lowest BCUT2D eigenvalue weighted by atomic mass is 10.0. The van der Waals surface area contributed by atoms with Gasteiger partial charge in [0.25, 0.3) is 5.91 Å². The van der Waals surface area contributed by atoms with Gasteiger partial charge in [-0.1, -0.05) is 6.42 Å². The van der Waals surface area contributed by atoms with Crippen molar-refractivity contribution in [2.24, 2.45) is 0 Å². The van der Waals surface area contributed by atoms with Crippen molar-refractivity contribution in [2.75, 3.05) is 65.2 Å². The molecule has 0 spiro atoms. The van der Waals surface area contributed by atoms with E-state index < -0.39 is 10.0 Å². The van der Waals surface area contributed by atoms with Gasteiger partial charge in [-0.15, -0.1) is 0 Å². The van der Waals surface area contributed by atoms with Crippen LogP contribution in [-0.2, 0) is 10.0 Å². The minimum atomic E-state index is -3.39. The van der Waals surface area contributed by atoms with Crippen molar-refractivity contribution >= 4 is 15.9 Å². The summed E-state index contributed by atoms with van der Waals surface area (Å²) in [5.41, 5.74) is 0.548. The molecule has 1 aromatic carbocycles. The van der Waals surface area contributed by atoms with Crippen LogP contribution in [0.1, 0.15) is 36.5 Å². The number of carbonyl (C=O) groups is 1. The molecule has 0 bridgehead atoms. The van der Waals surface area contributed by atoms with Crippen molar-refractivity contribution < 1.29 is 17.9 Å². The third kappa shape index (κ3) is 6.65. The number of rotatable bonds is 9. The average Bonchev–Trinajstić information content (AvgIpc) is 2.80. The van der Waals surface area contributed by atoms with Crippen LogP contribution in [0.5, 0.6) is 5.75 Å². The first-order chi connectivity index (χ1) is 14.9. The summed E-state index contributed by atoms with van der Waals surface area (Å²) in [6, 6.07) is 7.49. The lowest BCUT2D eigenvalue weighted by Gasteiger charge is -2.35. The summed E-state index contributed by atoms with van der Waals surface area (Å²) in [5, 5.41) is 3.18. The number of sulfonamides is 1. The standard InChI is InChI=1S/C22H36N4O4S/c1-19-5-3-4-12-24(19)15-16-25(22(27)20-6-8-21(30-2)9-7-20)17-18-31(28,29)26-13-10-23-11-14-26/h6-9,19,23H,3-5,10-18H2,1-2H3/t19-/m1/s1. The highest BCUT2D eigenvalue weighted by Crippen LogP contribution is 2.17. The summed E-state index contributed by atoms with van der Waals surface area (Å²) < 4.78 is 32.4. The molecule has 1 aromatic rings. The van der Waals surface area contributed by atoms with E-state index >= 15 is 0 Å². The van der Waals surface area contributed by atoms with Crippen LogP contribution in [-0.4, -0.2) is 99.7 Å². The van der Waals surface area contributed by atoms with Crippen molar-refractivity contribution in [1.29, 1.82) is 0 Å². The monoisotopic (exact) mass is 452 g/mol. The number of nitrogens with one attached hydrogen (secondary N) is 1. The first-order valence-corrected chi connectivity index (χ1v) is 12.9. The minimum absolute atomic E-state index is 0.0511. The predicted octanol–water partition coefficient (Wildman–Crippen LogP) is 1.25. The Bertz CT molecular complexity index is 809. The molecule has 0 aromatic heterocycles. The fourth-order valence-electron chi connectivity index (χ4n) is 4.25. The zero-order valence-corrected chi connectivity index (χ0v) is 19.6. The number of amides is 1. The van der Waals surface area contributed by atoms with Gasteiger partial charge in [0.05, 0.1) is 12.9 Å². The smallest absolute Gasteiger partial charge is 0.253 e. The van der Waals surface area contributed by atoms with Crippen molar-refractivity contribution in [3.05, 3.63) is 29.8 Å². The summed E-state index contributed by atoms with van der Waals surface area (Å²) in [7, 11) is -1.81. The van der Waals surface area contributed by atoms with E-state index in [1.54, 1.807) is 36.3 Å². The van der Waals surface area contributed by atoms with Gasteiger partial charge in [-0.2, -0.15) is 4.31 Å². The average molecular weight is 453 g/mol. The van der Waals surface area contributed by atoms with Gasteiger partial charge in [-0.3, -0.25) is 9.69 Å². The Labute approximate surface area is 186 Å². The van der Waals surface area contributed by atoms with Crippen molar-refractivity contribution in [3.63, 3.8) is 0 Å². The van der Waals surface area contributed by atoms with Crippen LogP contribution in [0.15, 0.2) is 24.3 Å². The maximum Gasteiger partial charge on any atom is 0.253 e. The Morgan fingerprint density at radius 1 is 1.13 bits per heavy atom. The van der Waals surface area contributed by atoms with Crippen LogP contribution in [0, 0.1) is 0 Å². The zero-order chi connectivity index (χ0) is 22.3. The van der Waals surface area contributed by atoms with Crippen molar-refractivity contribution in [2.45, 2.75) is 32.2 Å². The molecule has 1 N–H and O–H groups in total. The number of likely N-dealkylation sites (tertiary alicyclic amines) is 1. The quantitative estimate of drug-likeness (QED) is 0.607. The molecule has 1 atom stereocenters. The predicted molar refractivity (Wildman–Crippen MR) is 122 cm³/mol. The van der Waals surface area contributed by atoms with Gasteiger partial charge in [0.2, 0.25) is 10.0 Å². The Balaban J connectivity index is 1.68. The van der Waals surface area contributed by atoms with Gasteiger partial charge in [-0.05, 0) is 50.6 Å². The summed E-state index contributed by atoms with van der Waals surface area (Å²) in [4.78, 5) is 17.3. The van der Waals surface area contributed by atoms with E-state index in [1.807, 2.05) is 0 Å². The van der Waals surface area contributed by atoms with Gasteiger partial charge >= 0.3 is 0 Å². The highest BCUT2D eigenvalue weighted by molar-refractivity contribution is 7.89. The third-order valence-electron chi connectivity index (χ3n) is 6.31. The number of carbonyl (C=O) groups excluding carboxylic acids is 1. The van der Waals surface area contributed by atoms with E-state index in [2.05, 4.69) is 17.1 Å². The molecular weight excluding hydrogens is 416 g/mol. The van der Waals surface area contributed by atoms with E-state index in [-0.39, 0.29) is 18.2 Å². The molecule has 9 heteroatoms. The Morgan fingerprint density at radius 2 is 1.84 bits per heavy atom. The number of piperazine rings is 1. The maximum absolute atomic E-state index is 13.2. The normalized spacial score (nSPS) is 21.0. The summed E-state index contributed by atoms with van der Waals surface area (Å²) in [6.07, 6.45) is 3.59. The van der Waals surface area contributed by atoms with Crippen LogP contribution in [0.3, 0.4) is 0 Å². The molecular formula is C22H36N4O4S. The number of ether oxygens (including phenoxy) is 1. The third-order valence-corrected chi connectivity index (χ3v) is 8.16. The maximum atomic E-state index is 13.2. The number of piperidine rings is 1. The fourth-order valence-corrected chi connectivity index (χ4v) is 5.70. The van der Waals surface area contributed by atoms with Gasteiger partial charge < -0.3 is 15.0 Å². The van der Waals surface area contributed by atoms with E-state index in [9.17, 15) is 13.2 Å². The first-order valence-electron chi connectivity index (χ1n) is 11.3. The summed E-state index contributed by atoms with van der Waals surface area (Å²) >= 11 is 0. The number of nitrogens with zero attached hydrogens (tertiary/aromatic N) is 3. The lowest BCUT2D eigenvalue weighted by molar-refractivity contribution is 0.0717. The molecule has 0 unspecified atom stereocenters. The Hall–Kier alpha value is -1.68. The van der Waals surface area contributed by atoms with E-state index in [0.717, 1.165) is 13.1 Å². The molecule has 31 heavy (non-hydrogen) atoms. The number of methoxy groups -OCH3 is 1. The van der Waals surface area contributed by atoms with Crippen LogP contribution in [0.4, 0.5) is 0 Å². The van der Waals surface area contributed by atoms with Crippen LogP contribution >= 0.6 is 0 Å². The van der Waals surface area contributed by atoms with Crippen LogP contribution < -0.4 is 10.1 Å². The molecule has 1 amide bonds. The molecule has 3 rings (SSSR count). The van der Waals surface area contributed by atoms with E-state index in [0.29, 0.717) is 50.1 Å². The molecule has 2 heterocycles. The fraction of sp³-hybridized carbons (Fsp3) is 0.682. The zero-order valence-electron chi connectivity index (χ0n) is 18.8. The van der Waals surface area contributed by atoms with Gasteiger partial charge in [0, 0.05) is 57.4 Å². The number of hydrogen-bond acceptors (Lipinski definition) is 6. The second-order valence-electron chi connectivity index (χ2n) is 8.37. The van der Waals surface area contributed by atoms with Gasteiger partial charge in [0.1, 0.15) is 5.75 Å². The highest BCUT2D eigenvalue weighted by Gasteiger charge is 2.27. The molecule has 2 aliphatic heterocycles. The molecule has 0 aliphatic carbocycles. The summed E-state index contributed by atoms with van der Waals surface area (Å²) in [5.74, 6) is 0.499. The number of benzene rings is 1. The first kappa shape index (κ1) is 24.0. The van der Waals surface area contributed by atoms with Crippen molar-refractivity contribution in [3.8, 4) is 5.75 Å². The lowest BCUT2D eigenvalue weighted by Crippen LogP contribution is -2.49. The molecule has 8 nitrogen and oxygen atoms in total. The molecule has 2 saturated heterocycles. The Morgan fingerprint density at radius 3 is 2.48 bits per heavy atom. The second kappa shape index (κ2) is 11.3. The van der Waals surface area contributed by atoms with Crippen molar-refractivity contribution in [1.82, 2.24) is 19.4 Å². The Kier molecular flexibility index (Phi) is 8.71. The van der Waals surface area contributed by atoms with Crippen LogP contribution in [0.2, 0.25) is 0 Å². The molecule has 0 radical (unpaired) electrons. The van der Waals surface area contributed by atoms with Gasteiger partial charge in [0.15, 0.2) is 0 Å². The van der Waals surface area contributed by atoms with E-state index in [4.69, 9.17) is 4.74 Å². The van der Waals surface area contributed by atoms with Crippen LogP contribution in [0.25, 0.3) is 0 Å². The highest BCUT2D eigenvalue weighted by atomic mass is 32.2. The molecule has 2 aliphatic rings. The SMILES string of the molecule is COc1ccc(C(=O)N(CCN2CCCC[C@H]2C)CCS(=O)(=O)N2CCNCC2)cc1.